The summed E-state index contributed by atoms with van der Waals surface area (Å²) in [4.78, 5) is 17.4. The Morgan fingerprint density at radius 2 is 2.26 bits per heavy atom. The molecule has 2 rings (SSSR count). The zero-order valence-corrected chi connectivity index (χ0v) is 11.3. The second kappa shape index (κ2) is 7.25. The Morgan fingerprint density at radius 3 is 2.89 bits per heavy atom. The molecule has 0 spiro atoms. The standard InChI is InChI=1S/C13H21N3O3/c1-12(17)16(10-13-18-8-3-9-19-13)6-2-5-15-7-4-14-11-15/h4,7,11,13H,2-3,5-6,8-10H2,1H3. The molecule has 1 aliphatic heterocycles. The molecule has 2 heterocycles. The van der Waals surface area contributed by atoms with Gasteiger partial charge in [0.15, 0.2) is 6.29 Å². The van der Waals surface area contributed by atoms with E-state index in [4.69, 9.17) is 9.47 Å². The molecule has 1 aromatic rings. The average Bonchev–Trinajstić information content (AvgIpc) is 2.92. The van der Waals surface area contributed by atoms with E-state index < -0.39 is 0 Å². The molecular formula is C13H21N3O3. The van der Waals surface area contributed by atoms with Crippen LogP contribution in [0.15, 0.2) is 18.7 Å². The number of rotatable bonds is 6. The van der Waals surface area contributed by atoms with Crippen LogP contribution < -0.4 is 0 Å². The maximum atomic E-state index is 11.6. The van der Waals surface area contributed by atoms with Gasteiger partial charge in [0.1, 0.15) is 0 Å². The number of nitrogens with zero attached hydrogens (tertiary/aromatic N) is 3. The number of aryl methyl sites for hydroxylation is 1. The van der Waals surface area contributed by atoms with E-state index >= 15 is 0 Å². The fraction of sp³-hybridized carbons (Fsp3) is 0.692. The summed E-state index contributed by atoms with van der Waals surface area (Å²) in [5.74, 6) is 0.0587. The number of hydrogen-bond acceptors (Lipinski definition) is 4. The van der Waals surface area contributed by atoms with Crippen molar-refractivity contribution in [3.63, 3.8) is 0 Å². The second-order valence-corrected chi connectivity index (χ2v) is 4.64. The first-order chi connectivity index (χ1) is 9.25. The van der Waals surface area contributed by atoms with E-state index in [1.165, 1.54) is 0 Å². The summed E-state index contributed by atoms with van der Waals surface area (Å²) in [7, 11) is 0. The highest BCUT2D eigenvalue weighted by Gasteiger charge is 2.19. The molecule has 0 aromatic carbocycles. The lowest BCUT2D eigenvalue weighted by atomic mass is 10.3. The highest BCUT2D eigenvalue weighted by Crippen LogP contribution is 2.08. The third-order valence-corrected chi connectivity index (χ3v) is 3.11. The van der Waals surface area contributed by atoms with Crippen molar-refractivity contribution in [3.8, 4) is 0 Å². The molecule has 0 saturated carbocycles. The van der Waals surface area contributed by atoms with Gasteiger partial charge in [0.2, 0.25) is 5.91 Å². The minimum absolute atomic E-state index is 0.0587. The van der Waals surface area contributed by atoms with E-state index in [0.29, 0.717) is 26.3 Å². The zero-order chi connectivity index (χ0) is 13.5. The van der Waals surface area contributed by atoms with Crippen LogP contribution in [0.4, 0.5) is 0 Å². The number of imidazole rings is 1. The van der Waals surface area contributed by atoms with Gasteiger partial charge in [0.05, 0.1) is 26.1 Å². The first-order valence-corrected chi connectivity index (χ1v) is 6.70. The molecule has 0 aliphatic carbocycles. The summed E-state index contributed by atoms with van der Waals surface area (Å²) >= 11 is 0. The van der Waals surface area contributed by atoms with Gasteiger partial charge in [-0.05, 0) is 12.8 Å². The normalized spacial score (nSPS) is 16.5. The largest absolute Gasteiger partial charge is 0.351 e. The summed E-state index contributed by atoms with van der Waals surface area (Å²) in [6.07, 6.45) is 7.01. The van der Waals surface area contributed by atoms with Gasteiger partial charge in [-0.25, -0.2) is 4.98 Å². The van der Waals surface area contributed by atoms with Gasteiger partial charge >= 0.3 is 0 Å². The first kappa shape index (κ1) is 14.0. The molecule has 0 radical (unpaired) electrons. The van der Waals surface area contributed by atoms with Gasteiger partial charge in [-0.3, -0.25) is 4.79 Å². The molecule has 0 N–H and O–H groups in total. The van der Waals surface area contributed by atoms with Gasteiger partial charge in [-0.2, -0.15) is 0 Å². The van der Waals surface area contributed by atoms with Crippen LogP contribution in [-0.2, 0) is 20.8 Å². The number of carbonyl (C=O) groups is 1. The Bertz CT molecular complexity index is 374. The lowest BCUT2D eigenvalue weighted by molar-refractivity contribution is -0.188. The van der Waals surface area contributed by atoms with Gasteiger partial charge in [-0.15, -0.1) is 0 Å². The van der Waals surface area contributed by atoms with Gasteiger partial charge in [-0.1, -0.05) is 0 Å². The molecule has 6 heteroatoms. The summed E-state index contributed by atoms with van der Waals surface area (Å²) in [6.45, 7) is 5.09. The molecule has 6 nitrogen and oxygen atoms in total. The molecule has 0 unspecified atom stereocenters. The molecular weight excluding hydrogens is 246 g/mol. The quantitative estimate of drug-likeness (QED) is 0.768. The fourth-order valence-corrected chi connectivity index (χ4v) is 2.06. The first-order valence-electron chi connectivity index (χ1n) is 6.70. The Kier molecular flexibility index (Phi) is 5.35. The van der Waals surface area contributed by atoms with E-state index in [0.717, 1.165) is 19.4 Å². The van der Waals surface area contributed by atoms with Crippen LogP contribution in [-0.4, -0.2) is 53.0 Å². The van der Waals surface area contributed by atoms with Crippen LogP contribution in [0, 0.1) is 0 Å². The van der Waals surface area contributed by atoms with E-state index in [2.05, 4.69) is 4.98 Å². The van der Waals surface area contributed by atoms with Crippen molar-refractivity contribution in [2.45, 2.75) is 32.6 Å². The summed E-state index contributed by atoms with van der Waals surface area (Å²) in [6, 6.07) is 0. The van der Waals surface area contributed by atoms with Gasteiger partial charge in [0, 0.05) is 32.4 Å². The van der Waals surface area contributed by atoms with E-state index in [1.807, 2.05) is 10.8 Å². The average molecular weight is 267 g/mol. The number of ether oxygens (including phenoxy) is 2. The zero-order valence-electron chi connectivity index (χ0n) is 11.3. The predicted octanol–water partition coefficient (Wildman–Crippen LogP) is 0.885. The maximum absolute atomic E-state index is 11.6. The lowest BCUT2D eigenvalue weighted by Gasteiger charge is -2.29. The monoisotopic (exact) mass is 267 g/mol. The van der Waals surface area contributed by atoms with Crippen LogP contribution in [0.25, 0.3) is 0 Å². The molecule has 106 valence electrons. The molecule has 1 saturated heterocycles. The predicted molar refractivity (Wildman–Crippen MR) is 69.4 cm³/mol. The smallest absolute Gasteiger partial charge is 0.219 e. The number of hydrogen-bond donors (Lipinski definition) is 0. The van der Waals surface area contributed by atoms with E-state index in [-0.39, 0.29) is 12.2 Å². The van der Waals surface area contributed by atoms with Crippen molar-refractivity contribution in [3.05, 3.63) is 18.7 Å². The van der Waals surface area contributed by atoms with Crippen LogP contribution in [0.2, 0.25) is 0 Å². The van der Waals surface area contributed by atoms with Crippen molar-refractivity contribution >= 4 is 5.91 Å². The number of aromatic nitrogens is 2. The second-order valence-electron chi connectivity index (χ2n) is 4.64. The van der Waals surface area contributed by atoms with Gasteiger partial charge < -0.3 is 18.9 Å². The molecule has 1 aromatic heterocycles. The van der Waals surface area contributed by atoms with Gasteiger partial charge in [0.25, 0.3) is 0 Å². The summed E-state index contributed by atoms with van der Waals surface area (Å²) in [5, 5.41) is 0. The lowest BCUT2D eigenvalue weighted by Crippen LogP contribution is -2.41. The van der Waals surface area contributed by atoms with Crippen LogP contribution >= 0.6 is 0 Å². The Balaban J connectivity index is 1.74. The molecule has 1 aliphatic rings. The fourth-order valence-electron chi connectivity index (χ4n) is 2.06. The third-order valence-electron chi connectivity index (χ3n) is 3.11. The van der Waals surface area contributed by atoms with Crippen molar-refractivity contribution in [1.29, 1.82) is 0 Å². The topological polar surface area (TPSA) is 56.6 Å². The highest BCUT2D eigenvalue weighted by molar-refractivity contribution is 5.73. The molecule has 1 amide bonds. The van der Waals surface area contributed by atoms with Crippen molar-refractivity contribution in [1.82, 2.24) is 14.5 Å². The van der Waals surface area contributed by atoms with Crippen molar-refractivity contribution in [2.24, 2.45) is 0 Å². The Labute approximate surface area is 113 Å². The minimum atomic E-state index is -0.272. The number of carbonyl (C=O) groups excluding carboxylic acids is 1. The van der Waals surface area contributed by atoms with Crippen LogP contribution in [0.5, 0.6) is 0 Å². The van der Waals surface area contributed by atoms with Crippen molar-refractivity contribution < 1.29 is 14.3 Å². The summed E-state index contributed by atoms with van der Waals surface area (Å²) < 4.78 is 13.0. The number of amides is 1. The molecule has 0 atom stereocenters. The van der Waals surface area contributed by atoms with Crippen LogP contribution in [0.3, 0.4) is 0 Å². The molecule has 1 fully saturated rings. The van der Waals surface area contributed by atoms with Crippen molar-refractivity contribution in [2.75, 3.05) is 26.3 Å². The molecule has 19 heavy (non-hydrogen) atoms. The third kappa shape index (κ3) is 4.65. The Hall–Kier alpha value is -1.40. The highest BCUT2D eigenvalue weighted by atomic mass is 16.7. The van der Waals surface area contributed by atoms with E-state index in [1.54, 1.807) is 24.3 Å². The SMILES string of the molecule is CC(=O)N(CCCn1ccnc1)CC1OCCCO1. The van der Waals surface area contributed by atoms with E-state index in [9.17, 15) is 4.79 Å². The maximum Gasteiger partial charge on any atom is 0.219 e. The minimum Gasteiger partial charge on any atom is -0.351 e. The Morgan fingerprint density at radius 1 is 1.47 bits per heavy atom. The van der Waals surface area contributed by atoms with Crippen LogP contribution in [0.1, 0.15) is 19.8 Å². The summed E-state index contributed by atoms with van der Waals surface area (Å²) in [5.41, 5.74) is 0. The molecule has 0 bridgehead atoms.